The molecule has 0 aromatic heterocycles. The predicted octanol–water partition coefficient (Wildman–Crippen LogP) is 16.9. The van der Waals surface area contributed by atoms with Gasteiger partial charge in [0.05, 0.1) is 60.9 Å². The minimum absolute atomic E-state index is 0.206. The van der Waals surface area contributed by atoms with Gasteiger partial charge in [0.2, 0.25) is 11.8 Å². The van der Waals surface area contributed by atoms with E-state index in [1.165, 1.54) is 17.0 Å². The number of halogens is 3. The number of amides is 2. The number of unbranched alkanes of at least 4 members (excludes halogenated alkanes) is 12. The van der Waals surface area contributed by atoms with E-state index in [-0.39, 0.29) is 5.69 Å². The number of nitrogens with zero attached hydrogens (tertiary/aromatic N) is 15. The molecule has 1 heterocycles. The quantitative estimate of drug-likeness (QED) is 0.0142. The molecule has 2 amide bonds. The number of ether oxygens (including phenoxy) is 4. The molecule has 1 fully saturated rings. The van der Waals surface area contributed by atoms with Crippen LogP contribution in [-0.4, -0.2) is 64.4 Å². The Kier molecular flexibility index (Phi) is 21.9. The highest BCUT2D eigenvalue weighted by Gasteiger charge is 2.71. The summed E-state index contributed by atoms with van der Waals surface area (Å²) in [4.78, 5) is 43.7. The molecule has 4 aliphatic rings. The van der Waals surface area contributed by atoms with Crippen LogP contribution in [0.2, 0.25) is 0 Å². The van der Waals surface area contributed by atoms with Crippen molar-refractivity contribution in [3.05, 3.63) is 142 Å². The molecule has 2 bridgehead atoms. The Balaban J connectivity index is 1.28. The number of imide groups is 1. The summed E-state index contributed by atoms with van der Waals surface area (Å²) in [5.74, 6) is -0.642. The van der Waals surface area contributed by atoms with Crippen molar-refractivity contribution in [1.82, 2.24) is 0 Å². The summed E-state index contributed by atoms with van der Waals surface area (Å²) >= 11 is 0. The number of anilines is 1. The van der Waals surface area contributed by atoms with Crippen LogP contribution in [0.4, 0.5) is 30.2 Å². The van der Waals surface area contributed by atoms with Crippen molar-refractivity contribution in [2.45, 2.75) is 134 Å². The van der Waals surface area contributed by atoms with Gasteiger partial charge in [0.15, 0.2) is 23.0 Å². The molecular weight excluding hydrogens is 1050 g/mol. The van der Waals surface area contributed by atoms with Gasteiger partial charge in [0.25, 0.3) is 0 Å². The first-order valence-corrected chi connectivity index (χ1v) is 27.8. The second-order valence-electron chi connectivity index (χ2n) is 20.7. The number of azide groups is 4. The lowest BCUT2D eigenvalue weighted by atomic mass is 9.42. The lowest BCUT2D eigenvalue weighted by Crippen LogP contribution is -2.59. The maximum atomic E-state index is 15.5. The molecule has 1 aliphatic heterocycles. The Bertz CT molecular complexity index is 2780. The molecule has 24 heteroatoms. The number of hydrogen-bond donors (Lipinski definition) is 0. The fourth-order valence-electron chi connectivity index (χ4n) is 11.3. The average Bonchev–Trinajstić information content (AvgIpc) is 1.78. The van der Waals surface area contributed by atoms with Gasteiger partial charge in [-0.05, 0) is 169 Å². The topological polar surface area (TPSA) is 294 Å². The third kappa shape index (κ3) is 14.6. The fraction of sp³-hybridized carbons (Fsp3) is 0.544. The molecule has 3 aliphatic carbocycles. The Morgan fingerprint density at radius 1 is 0.457 bits per heavy atom. The number of carbonyl (C=O) groups excluding carboxylic acids is 2. The van der Waals surface area contributed by atoms with Gasteiger partial charge in [-0.25, -0.2) is 4.90 Å². The van der Waals surface area contributed by atoms with Crippen LogP contribution in [0.5, 0.6) is 23.0 Å². The highest BCUT2D eigenvalue weighted by Crippen LogP contribution is 2.68. The van der Waals surface area contributed by atoms with Crippen LogP contribution >= 0.6 is 0 Å². The van der Waals surface area contributed by atoms with E-state index in [0.29, 0.717) is 113 Å². The van der Waals surface area contributed by atoms with Crippen LogP contribution in [0, 0.1) is 11.8 Å². The fourth-order valence-corrected chi connectivity index (χ4v) is 11.3. The molecule has 4 aromatic rings. The van der Waals surface area contributed by atoms with E-state index in [1.54, 1.807) is 24.3 Å². The smallest absolute Gasteiger partial charge is 0.416 e. The van der Waals surface area contributed by atoms with Gasteiger partial charge in [-0.3, -0.25) is 9.59 Å². The van der Waals surface area contributed by atoms with E-state index < -0.39 is 46.2 Å². The van der Waals surface area contributed by atoms with E-state index in [2.05, 4.69) is 50.3 Å². The zero-order chi connectivity index (χ0) is 57.7. The summed E-state index contributed by atoms with van der Waals surface area (Å²) in [6.45, 7) is 7.11. The molecule has 0 saturated carbocycles. The second-order valence-corrected chi connectivity index (χ2v) is 20.7. The molecule has 0 radical (unpaired) electrons. The van der Waals surface area contributed by atoms with Crippen molar-refractivity contribution in [2.75, 3.05) is 57.5 Å². The van der Waals surface area contributed by atoms with Crippen molar-refractivity contribution >= 4 is 28.9 Å². The average molecular weight is 1120 g/mol. The molecule has 0 N–H and O–H groups in total. The van der Waals surface area contributed by atoms with Crippen LogP contribution in [0.1, 0.15) is 144 Å². The Hall–Kier alpha value is -8.15. The van der Waals surface area contributed by atoms with Crippen molar-refractivity contribution in [3.8, 4) is 23.0 Å². The minimum Gasteiger partial charge on any atom is -0.490 e. The lowest BCUT2D eigenvalue weighted by molar-refractivity contribution is -0.137. The van der Waals surface area contributed by atoms with Crippen molar-refractivity contribution in [1.29, 1.82) is 0 Å². The SMILES string of the molecule is CC12c3cc(OCCCCCCN=[N+]=[N-])c(OCCCCCCN=[N+]=[N-])cc3C(C)(c3cc(OCCCCCCN=[N+]=[N-])c(OCCCCCCN=[N+]=[N-])cc31)C1C(=O)N(c3ccc(N=Nc4ccc(C(F)(F)F)cc4)cc3)C(=O)C12. The summed E-state index contributed by atoms with van der Waals surface area (Å²) < 4.78 is 66.1. The van der Waals surface area contributed by atoms with Gasteiger partial charge in [-0.2, -0.15) is 23.4 Å². The van der Waals surface area contributed by atoms with Crippen LogP contribution in [-0.2, 0) is 26.6 Å². The van der Waals surface area contributed by atoms with Gasteiger partial charge in [0, 0.05) is 56.7 Å². The molecule has 8 rings (SSSR count). The van der Waals surface area contributed by atoms with Crippen LogP contribution in [0.3, 0.4) is 0 Å². The van der Waals surface area contributed by atoms with E-state index in [9.17, 15) is 13.2 Å². The Morgan fingerprint density at radius 3 is 1.02 bits per heavy atom. The lowest BCUT2D eigenvalue weighted by Gasteiger charge is -2.58. The zero-order valence-corrected chi connectivity index (χ0v) is 45.8. The summed E-state index contributed by atoms with van der Waals surface area (Å²) in [5.41, 5.74) is 35.8. The van der Waals surface area contributed by atoms with E-state index in [4.69, 9.17) is 41.1 Å². The Morgan fingerprint density at radius 2 is 0.741 bits per heavy atom. The molecule has 1 saturated heterocycles. The van der Waals surface area contributed by atoms with E-state index >= 15 is 9.59 Å². The number of azo groups is 1. The largest absolute Gasteiger partial charge is 0.490 e. The highest BCUT2D eigenvalue weighted by atomic mass is 19.4. The molecule has 0 spiro atoms. The van der Waals surface area contributed by atoms with E-state index in [1.807, 2.05) is 38.1 Å². The van der Waals surface area contributed by atoms with Gasteiger partial charge >= 0.3 is 6.18 Å². The number of rotatable bonds is 35. The van der Waals surface area contributed by atoms with Crippen molar-refractivity contribution < 1.29 is 41.7 Å². The van der Waals surface area contributed by atoms with Crippen LogP contribution in [0.15, 0.2) is 103 Å². The third-order valence-electron chi connectivity index (χ3n) is 15.4. The standard InChI is InChI=1S/C57H68F3N15O6/c1-55-43-35-47(78-31-15-7-3-11-27-65-71-61)49(80-33-17-9-5-13-29-67-73-63)37-45(43)56(2,46-38-50(81-34-18-10-6-14-30-68-74-64)48(36-44(46)55)79-32-16-8-4-12-28-66-72-62)52-51(55)53(76)75(54(52)77)42-25-23-41(24-26-42)70-69-40-21-19-39(20-22-40)57(58,59)60/h19-26,35-38,51-52H,3-18,27-34H2,1-2H3. The highest BCUT2D eigenvalue weighted by molar-refractivity contribution is 6.24. The van der Waals surface area contributed by atoms with Gasteiger partial charge in [0.1, 0.15) is 0 Å². The van der Waals surface area contributed by atoms with Crippen LogP contribution < -0.4 is 23.8 Å². The number of alkyl halides is 3. The van der Waals surface area contributed by atoms with Crippen molar-refractivity contribution in [2.24, 2.45) is 42.5 Å². The summed E-state index contributed by atoms with van der Waals surface area (Å²) in [7, 11) is 0. The second kappa shape index (κ2) is 29.4. The number of carbonyl (C=O) groups is 2. The van der Waals surface area contributed by atoms with Crippen LogP contribution in [0.25, 0.3) is 41.8 Å². The van der Waals surface area contributed by atoms with Gasteiger partial charge in [-0.1, -0.05) is 85.7 Å². The molecule has 4 aromatic carbocycles. The van der Waals surface area contributed by atoms with Gasteiger partial charge in [-0.15, -0.1) is 0 Å². The monoisotopic (exact) mass is 1120 g/mol. The minimum atomic E-state index is -4.50. The zero-order valence-electron chi connectivity index (χ0n) is 45.8. The first kappa shape index (κ1) is 60.5. The summed E-state index contributed by atoms with van der Waals surface area (Å²) in [6, 6.07) is 18.6. The molecule has 2 atom stereocenters. The first-order valence-electron chi connectivity index (χ1n) is 27.8. The van der Waals surface area contributed by atoms with Crippen molar-refractivity contribution in [3.63, 3.8) is 0 Å². The molecule has 81 heavy (non-hydrogen) atoms. The molecule has 21 nitrogen and oxygen atoms in total. The summed E-state index contributed by atoms with van der Waals surface area (Å²) in [6.07, 6.45) is 8.08. The number of benzene rings is 4. The predicted molar refractivity (Wildman–Crippen MR) is 299 cm³/mol. The Labute approximate surface area is 468 Å². The molecular formula is C57H68F3N15O6. The maximum Gasteiger partial charge on any atom is 0.416 e. The third-order valence-corrected chi connectivity index (χ3v) is 15.4. The maximum absolute atomic E-state index is 15.5. The first-order chi connectivity index (χ1) is 39.3. The summed E-state index contributed by atoms with van der Waals surface area (Å²) in [5, 5.41) is 22.9. The van der Waals surface area contributed by atoms with Gasteiger partial charge < -0.3 is 18.9 Å². The number of hydrogen-bond acceptors (Lipinski definition) is 12. The normalized spacial score (nSPS) is 18.5. The molecule has 2 unspecified atom stereocenters. The van der Waals surface area contributed by atoms with E-state index in [0.717, 1.165) is 111 Å². The molecule has 428 valence electrons.